The van der Waals surface area contributed by atoms with E-state index in [9.17, 15) is 19.8 Å². The zero-order valence-corrected chi connectivity index (χ0v) is 12.4. The molecule has 0 atom stereocenters. The van der Waals surface area contributed by atoms with Crippen molar-refractivity contribution >= 4 is 11.9 Å². The van der Waals surface area contributed by atoms with Gasteiger partial charge in [-0.25, -0.2) is 9.59 Å². The molecule has 4 N–H and O–H groups in total. The molecular weight excluding hydrogens is 351 g/mol. The molecule has 0 fully saturated rings. The van der Waals surface area contributed by atoms with Crippen LogP contribution in [0.4, 0.5) is 0 Å². The summed E-state index contributed by atoms with van der Waals surface area (Å²) in [6.45, 7) is 0. The van der Waals surface area contributed by atoms with Crippen molar-refractivity contribution in [3.63, 3.8) is 0 Å². The minimum absolute atomic E-state index is 0. The maximum atomic E-state index is 10.6. The van der Waals surface area contributed by atoms with Crippen molar-refractivity contribution in [1.82, 2.24) is 0 Å². The number of rotatable bonds is 2. The minimum Gasteiger partial charge on any atom is -0.870 e. The van der Waals surface area contributed by atoms with E-state index in [-0.39, 0.29) is 28.2 Å². The van der Waals surface area contributed by atoms with E-state index in [0.717, 1.165) is 36.4 Å². The summed E-state index contributed by atoms with van der Waals surface area (Å²) < 4.78 is 0. The van der Waals surface area contributed by atoms with Crippen molar-refractivity contribution in [2.24, 2.45) is 0 Å². The van der Waals surface area contributed by atoms with Crippen molar-refractivity contribution in [1.29, 1.82) is 0 Å². The maximum absolute atomic E-state index is 10.6. The van der Waals surface area contributed by atoms with Crippen LogP contribution in [0.15, 0.2) is 36.4 Å². The van der Waals surface area contributed by atoms with Gasteiger partial charge in [-0.05, 0) is 24.3 Å². The zero-order valence-electron chi connectivity index (χ0n) is 11.3. The Morgan fingerprint density at radius 3 is 1.26 bits per heavy atom. The molecule has 2 rings (SSSR count). The molecule has 0 heterocycles. The molecule has 0 saturated heterocycles. The van der Waals surface area contributed by atoms with Crippen LogP contribution in [0, 0.1) is 0 Å². The van der Waals surface area contributed by atoms with Gasteiger partial charge in [0.2, 0.25) is 0 Å². The summed E-state index contributed by atoms with van der Waals surface area (Å²) >= 11 is 0. The van der Waals surface area contributed by atoms with Crippen molar-refractivity contribution in [3.8, 4) is 23.0 Å². The molecule has 0 amide bonds. The molecule has 0 aromatic heterocycles. The summed E-state index contributed by atoms with van der Waals surface area (Å²) in [5, 5.41) is 55.4. The van der Waals surface area contributed by atoms with E-state index in [1.54, 1.807) is 0 Å². The van der Waals surface area contributed by atoms with Crippen LogP contribution in [0.5, 0.6) is 23.0 Å². The molecule has 8 nitrogen and oxygen atoms in total. The van der Waals surface area contributed by atoms with Crippen LogP contribution >= 0.6 is 0 Å². The van der Waals surface area contributed by atoms with Gasteiger partial charge in [0, 0.05) is 0 Å². The second-order valence-corrected chi connectivity index (χ2v) is 3.98. The van der Waals surface area contributed by atoms with Crippen LogP contribution in [0.25, 0.3) is 0 Å². The average Bonchev–Trinajstić information content (AvgIpc) is 2.45. The van der Waals surface area contributed by atoms with Crippen LogP contribution in [0.1, 0.15) is 20.7 Å². The molecule has 0 spiro atoms. The normalized spacial score (nSPS) is 9.04. The van der Waals surface area contributed by atoms with Crippen molar-refractivity contribution < 1.29 is 57.3 Å². The Morgan fingerprint density at radius 2 is 1.04 bits per heavy atom. The number of carboxylic acids is 2. The van der Waals surface area contributed by atoms with Gasteiger partial charge < -0.3 is 30.6 Å². The van der Waals surface area contributed by atoms with Crippen LogP contribution < -0.4 is 10.2 Å². The second kappa shape index (κ2) is 8.52. The van der Waals surface area contributed by atoms with E-state index >= 15 is 0 Å². The first-order valence-corrected chi connectivity index (χ1v) is 5.69. The molecule has 0 aliphatic heterocycles. The predicted octanol–water partition coefficient (Wildman–Crippen LogP) is 0.325. The number of benzene rings is 2. The van der Waals surface area contributed by atoms with E-state index < -0.39 is 34.9 Å². The standard InChI is InChI=1S/2C7H6O4.Mn/c2*8-5-2-1-4(7(10)11)3-6(5)9;/h2*1-3,8-9H,(H,10,11);/q;;+2/p-2. The molecule has 23 heavy (non-hydrogen) atoms. The summed E-state index contributed by atoms with van der Waals surface area (Å²) in [6.07, 6.45) is 0. The quantitative estimate of drug-likeness (QED) is 0.556. The Morgan fingerprint density at radius 1 is 0.739 bits per heavy atom. The fourth-order valence-electron chi connectivity index (χ4n) is 1.30. The van der Waals surface area contributed by atoms with Gasteiger partial charge in [0.05, 0.1) is 11.1 Å². The number of hydrogen-bond acceptors (Lipinski definition) is 6. The number of carbonyl (C=O) groups is 2. The minimum atomic E-state index is -1.17. The topological polar surface area (TPSA) is 161 Å². The Labute approximate surface area is 140 Å². The van der Waals surface area contributed by atoms with Crippen molar-refractivity contribution in [2.75, 3.05) is 0 Å². The largest absolute Gasteiger partial charge is 2.00 e. The molecule has 121 valence electrons. The first kappa shape index (κ1) is 20.1. The molecule has 0 aliphatic carbocycles. The summed E-state index contributed by atoms with van der Waals surface area (Å²) in [4.78, 5) is 20.5. The molecule has 0 saturated carbocycles. The van der Waals surface area contributed by atoms with E-state index in [2.05, 4.69) is 0 Å². The molecule has 1 radical (unpaired) electrons. The summed E-state index contributed by atoms with van der Waals surface area (Å²) in [5.41, 5.74) is -0.191. The fourth-order valence-corrected chi connectivity index (χ4v) is 1.30. The summed E-state index contributed by atoms with van der Waals surface area (Å²) in [5.74, 6) is -4.56. The van der Waals surface area contributed by atoms with E-state index in [1.165, 1.54) is 0 Å². The Bertz CT molecular complexity index is 652. The van der Waals surface area contributed by atoms with Gasteiger partial charge >= 0.3 is 29.0 Å². The summed E-state index contributed by atoms with van der Waals surface area (Å²) in [7, 11) is 0. The SMILES string of the molecule is O=C(O)c1ccc([O-])c(O)c1.O=C(O)c1ccc([O-])c(O)c1.[Mn+2]. The van der Waals surface area contributed by atoms with Crippen molar-refractivity contribution in [3.05, 3.63) is 47.5 Å². The van der Waals surface area contributed by atoms with Gasteiger partial charge in [0.15, 0.2) is 0 Å². The molecule has 0 unspecified atom stereocenters. The second-order valence-electron chi connectivity index (χ2n) is 3.98. The van der Waals surface area contributed by atoms with Crippen LogP contribution in [-0.4, -0.2) is 32.4 Å². The molecule has 0 aliphatic rings. The van der Waals surface area contributed by atoms with Crippen LogP contribution in [-0.2, 0) is 17.1 Å². The Hall–Kier alpha value is -2.90. The Kier molecular flexibility index (Phi) is 7.45. The Balaban J connectivity index is 0.000000403. The van der Waals surface area contributed by atoms with E-state index in [4.69, 9.17) is 20.4 Å². The van der Waals surface area contributed by atoms with Gasteiger partial charge in [-0.15, -0.1) is 0 Å². The molecule has 9 heteroatoms. The van der Waals surface area contributed by atoms with E-state index in [0.29, 0.717) is 0 Å². The average molecular weight is 361 g/mol. The van der Waals surface area contributed by atoms with Gasteiger partial charge in [-0.3, -0.25) is 0 Å². The van der Waals surface area contributed by atoms with Crippen LogP contribution in [0.2, 0.25) is 0 Å². The zero-order chi connectivity index (χ0) is 16.9. The van der Waals surface area contributed by atoms with Gasteiger partial charge in [0.1, 0.15) is 11.5 Å². The molecule has 2 aromatic carbocycles. The maximum Gasteiger partial charge on any atom is 2.00 e. The molecule has 2 aromatic rings. The number of aromatic hydroxyl groups is 2. The van der Waals surface area contributed by atoms with Crippen molar-refractivity contribution in [2.45, 2.75) is 0 Å². The van der Waals surface area contributed by atoms with Gasteiger partial charge in [-0.1, -0.05) is 23.6 Å². The third-order valence-corrected chi connectivity index (χ3v) is 2.41. The first-order valence-electron chi connectivity index (χ1n) is 5.69. The molecular formula is C14H10MnO8. The smallest absolute Gasteiger partial charge is 0.870 e. The van der Waals surface area contributed by atoms with Gasteiger partial charge in [-0.2, -0.15) is 0 Å². The third-order valence-electron chi connectivity index (χ3n) is 2.41. The number of carboxylic acid groups (broad SMARTS) is 2. The summed E-state index contributed by atoms with van der Waals surface area (Å²) in [6, 6.07) is 6.15. The number of phenols is 2. The molecule has 0 bridgehead atoms. The fraction of sp³-hybridized carbons (Fsp3) is 0. The van der Waals surface area contributed by atoms with Gasteiger partial charge in [0.25, 0.3) is 0 Å². The number of phenolic OH excluding ortho intramolecular Hbond substituents is 2. The monoisotopic (exact) mass is 361 g/mol. The predicted molar refractivity (Wildman–Crippen MR) is 69.0 cm³/mol. The number of hydrogen-bond donors (Lipinski definition) is 4. The van der Waals surface area contributed by atoms with E-state index in [1.807, 2.05) is 0 Å². The first-order chi connectivity index (χ1) is 10.2. The third kappa shape index (κ3) is 5.77. The number of aromatic carboxylic acids is 2. The van der Waals surface area contributed by atoms with Crippen LogP contribution in [0.3, 0.4) is 0 Å².